The molecule has 2 rings (SSSR count). The maximum atomic E-state index is 5.81. The summed E-state index contributed by atoms with van der Waals surface area (Å²) in [6.07, 6.45) is 4.47. The van der Waals surface area contributed by atoms with Crippen molar-refractivity contribution in [3.8, 4) is 0 Å². The minimum Gasteiger partial charge on any atom is -0.443 e. The summed E-state index contributed by atoms with van der Waals surface area (Å²) in [5, 5.41) is 6.70. The average Bonchev–Trinajstić information content (AvgIpc) is 3.04. The molecular weight excluding hydrogens is 441 g/mol. The van der Waals surface area contributed by atoms with E-state index in [-0.39, 0.29) is 29.4 Å². The fraction of sp³-hybridized carbons (Fsp3) is 0.789. The van der Waals surface area contributed by atoms with Gasteiger partial charge in [0.15, 0.2) is 5.96 Å². The van der Waals surface area contributed by atoms with Crippen LogP contribution in [0, 0.1) is 5.92 Å². The number of hydrogen-bond acceptors (Lipinski definition) is 4. The van der Waals surface area contributed by atoms with E-state index in [2.05, 4.69) is 60.1 Å². The summed E-state index contributed by atoms with van der Waals surface area (Å²) in [5.74, 6) is 3.17. The van der Waals surface area contributed by atoms with Crippen LogP contribution in [-0.4, -0.2) is 48.6 Å². The molecule has 1 aliphatic heterocycles. The second-order valence-electron chi connectivity index (χ2n) is 8.27. The minimum atomic E-state index is -0.0216. The summed E-state index contributed by atoms with van der Waals surface area (Å²) in [6, 6.07) is 0.496. The van der Waals surface area contributed by atoms with E-state index < -0.39 is 0 Å². The zero-order valence-electron chi connectivity index (χ0n) is 17.1. The van der Waals surface area contributed by atoms with Crippen LogP contribution in [0.3, 0.4) is 0 Å². The van der Waals surface area contributed by atoms with Crippen LogP contribution >= 0.6 is 24.0 Å². The van der Waals surface area contributed by atoms with Gasteiger partial charge in [0.25, 0.3) is 0 Å². The van der Waals surface area contributed by atoms with Crippen molar-refractivity contribution in [3.63, 3.8) is 0 Å². The largest absolute Gasteiger partial charge is 0.443 e. The predicted molar refractivity (Wildman–Crippen MR) is 118 cm³/mol. The van der Waals surface area contributed by atoms with Crippen molar-refractivity contribution in [2.45, 2.75) is 65.5 Å². The Labute approximate surface area is 175 Å². The van der Waals surface area contributed by atoms with Gasteiger partial charge in [-0.3, -0.25) is 9.89 Å². The number of nitrogens with one attached hydrogen (secondary N) is 2. The number of halogens is 1. The van der Waals surface area contributed by atoms with E-state index in [1.807, 2.05) is 6.20 Å². The molecule has 2 N–H and O–H groups in total. The molecule has 0 amide bonds. The Morgan fingerprint density at radius 2 is 2.15 bits per heavy atom. The first-order chi connectivity index (χ1) is 11.8. The number of oxazole rings is 1. The Bertz CT molecular complexity index is 567. The number of piperidine rings is 1. The number of likely N-dealkylation sites (tertiary alicyclic amines) is 1. The first-order valence-corrected chi connectivity index (χ1v) is 9.43. The zero-order chi connectivity index (χ0) is 18.4. The van der Waals surface area contributed by atoms with Crippen LogP contribution in [0.5, 0.6) is 0 Å². The second-order valence-corrected chi connectivity index (χ2v) is 8.27. The van der Waals surface area contributed by atoms with Gasteiger partial charge in [0.1, 0.15) is 5.76 Å². The Morgan fingerprint density at radius 3 is 2.73 bits per heavy atom. The molecule has 26 heavy (non-hydrogen) atoms. The third-order valence-corrected chi connectivity index (χ3v) is 4.80. The van der Waals surface area contributed by atoms with E-state index in [0.717, 1.165) is 24.2 Å². The first kappa shape index (κ1) is 23.2. The van der Waals surface area contributed by atoms with E-state index in [1.165, 1.54) is 25.9 Å². The molecule has 1 aliphatic rings. The molecule has 2 atom stereocenters. The molecule has 0 aromatic carbocycles. The lowest BCUT2D eigenvalue weighted by Crippen LogP contribution is -2.48. The molecule has 1 aromatic heterocycles. The standard InChI is InChI=1S/C19H35N5O.HI/c1-14-8-7-9-24(13-14)15(2)10-22-18(20-6)23-12-17-21-11-16(25-17)19(3,4)5;/h11,14-15H,7-10,12-13H2,1-6H3,(H2,20,22,23);1H. The normalized spacial score (nSPS) is 20.4. The molecule has 2 unspecified atom stereocenters. The molecule has 0 bridgehead atoms. The Morgan fingerprint density at radius 1 is 1.42 bits per heavy atom. The van der Waals surface area contributed by atoms with Gasteiger partial charge in [0.05, 0.1) is 12.7 Å². The molecule has 1 saturated heterocycles. The number of hydrogen-bond donors (Lipinski definition) is 2. The molecule has 7 heteroatoms. The van der Waals surface area contributed by atoms with Crippen LogP contribution in [0.4, 0.5) is 0 Å². The van der Waals surface area contributed by atoms with Gasteiger partial charge >= 0.3 is 0 Å². The SMILES string of the molecule is CN=C(NCc1ncc(C(C)(C)C)o1)NCC(C)N1CCCC(C)C1.I. The molecule has 1 aromatic rings. The highest BCUT2D eigenvalue weighted by Gasteiger charge is 2.21. The monoisotopic (exact) mass is 477 g/mol. The van der Waals surface area contributed by atoms with E-state index >= 15 is 0 Å². The number of nitrogens with zero attached hydrogens (tertiary/aromatic N) is 3. The maximum Gasteiger partial charge on any atom is 0.213 e. The highest BCUT2D eigenvalue weighted by molar-refractivity contribution is 14.0. The van der Waals surface area contributed by atoms with Gasteiger partial charge in [0.2, 0.25) is 5.89 Å². The molecule has 150 valence electrons. The van der Waals surface area contributed by atoms with Gasteiger partial charge in [0, 0.05) is 31.6 Å². The second kappa shape index (κ2) is 10.5. The van der Waals surface area contributed by atoms with Crippen molar-refractivity contribution < 1.29 is 4.42 Å². The summed E-state index contributed by atoms with van der Waals surface area (Å²) in [5.41, 5.74) is -0.0216. The third-order valence-electron chi connectivity index (χ3n) is 4.80. The van der Waals surface area contributed by atoms with Crippen molar-refractivity contribution in [2.24, 2.45) is 10.9 Å². The zero-order valence-corrected chi connectivity index (χ0v) is 19.5. The third kappa shape index (κ3) is 7.06. The van der Waals surface area contributed by atoms with Crippen LogP contribution in [0.2, 0.25) is 0 Å². The number of rotatable bonds is 5. The van der Waals surface area contributed by atoms with Gasteiger partial charge in [-0.2, -0.15) is 0 Å². The van der Waals surface area contributed by atoms with Gasteiger partial charge in [-0.15, -0.1) is 24.0 Å². The summed E-state index contributed by atoms with van der Waals surface area (Å²) in [7, 11) is 1.79. The van der Waals surface area contributed by atoms with Gasteiger partial charge in [-0.05, 0) is 32.2 Å². The fourth-order valence-corrected chi connectivity index (χ4v) is 3.12. The van der Waals surface area contributed by atoms with Crippen molar-refractivity contribution in [1.82, 2.24) is 20.5 Å². The van der Waals surface area contributed by atoms with Crippen LogP contribution < -0.4 is 10.6 Å². The van der Waals surface area contributed by atoms with Gasteiger partial charge < -0.3 is 15.1 Å². The van der Waals surface area contributed by atoms with Crippen molar-refractivity contribution in [2.75, 3.05) is 26.7 Å². The topological polar surface area (TPSA) is 65.7 Å². The summed E-state index contributed by atoms with van der Waals surface area (Å²) in [6.45, 7) is 14.8. The molecule has 0 radical (unpaired) electrons. The lowest BCUT2D eigenvalue weighted by Gasteiger charge is -2.35. The molecule has 0 saturated carbocycles. The van der Waals surface area contributed by atoms with Crippen LogP contribution in [0.25, 0.3) is 0 Å². The smallest absolute Gasteiger partial charge is 0.213 e. The van der Waals surface area contributed by atoms with Crippen LogP contribution in [0.15, 0.2) is 15.6 Å². The molecule has 1 fully saturated rings. The summed E-state index contributed by atoms with van der Waals surface area (Å²) in [4.78, 5) is 11.2. The Hall–Kier alpha value is -0.830. The molecule has 2 heterocycles. The van der Waals surface area contributed by atoms with Crippen molar-refractivity contribution in [3.05, 3.63) is 17.8 Å². The van der Waals surface area contributed by atoms with E-state index in [4.69, 9.17) is 4.42 Å². The number of aromatic nitrogens is 1. The van der Waals surface area contributed by atoms with Gasteiger partial charge in [-0.25, -0.2) is 4.98 Å². The van der Waals surface area contributed by atoms with Crippen molar-refractivity contribution >= 4 is 29.9 Å². The van der Waals surface area contributed by atoms with Crippen LogP contribution in [0.1, 0.15) is 59.1 Å². The predicted octanol–water partition coefficient (Wildman–Crippen LogP) is 3.38. The lowest BCUT2D eigenvalue weighted by molar-refractivity contribution is 0.139. The van der Waals surface area contributed by atoms with Crippen molar-refractivity contribution in [1.29, 1.82) is 0 Å². The quantitative estimate of drug-likeness (QED) is 0.387. The van der Waals surface area contributed by atoms with E-state index in [0.29, 0.717) is 18.5 Å². The van der Waals surface area contributed by atoms with E-state index in [9.17, 15) is 0 Å². The summed E-state index contributed by atoms with van der Waals surface area (Å²) >= 11 is 0. The Kier molecular flexibility index (Phi) is 9.36. The average molecular weight is 477 g/mol. The fourth-order valence-electron chi connectivity index (χ4n) is 3.12. The number of aliphatic imine (C=N–C) groups is 1. The number of guanidine groups is 1. The van der Waals surface area contributed by atoms with Gasteiger partial charge in [-0.1, -0.05) is 27.7 Å². The molecule has 0 aliphatic carbocycles. The summed E-state index contributed by atoms with van der Waals surface area (Å²) < 4.78 is 5.81. The van der Waals surface area contributed by atoms with E-state index in [1.54, 1.807) is 7.05 Å². The van der Waals surface area contributed by atoms with Crippen LogP contribution in [-0.2, 0) is 12.0 Å². The first-order valence-electron chi connectivity index (χ1n) is 9.43. The molecule has 6 nitrogen and oxygen atoms in total. The Balaban J connectivity index is 0.00000338. The highest BCUT2D eigenvalue weighted by Crippen LogP contribution is 2.22. The maximum absolute atomic E-state index is 5.81. The highest BCUT2D eigenvalue weighted by atomic mass is 127. The minimum absolute atomic E-state index is 0. The molecule has 0 spiro atoms. The lowest BCUT2D eigenvalue weighted by atomic mass is 9.94. The molecular formula is C19H36IN5O.